The number of ether oxygens (including phenoxy) is 2. The van der Waals surface area contributed by atoms with E-state index in [2.05, 4.69) is 4.74 Å². The molecule has 1 heterocycles. The van der Waals surface area contributed by atoms with E-state index in [-0.39, 0.29) is 24.5 Å². The number of likely N-dealkylation sites (tertiary alicyclic amines) is 1. The van der Waals surface area contributed by atoms with Gasteiger partial charge in [0.05, 0.1) is 35.4 Å². The lowest BCUT2D eigenvalue weighted by Gasteiger charge is -2.19. The third kappa shape index (κ3) is 4.44. The minimum Gasteiger partial charge on any atom is -0.497 e. The van der Waals surface area contributed by atoms with E-state index in [4.69, 9.17) is 15.0 Å². The van der Waals surface area contributed by atoms with E-state index in [0.29, 0.717) is 33.8 Å². The molecule has 0 bridgehead atoms. The zero-order chi connectivity index (χ0) is 17.5. The Morgan fingerprint density at radius 3 is 2.88 bits per heavy atom. The average molecular weight is 353 g/mol. The van der Waals surface area contributed by atoms with Crippen molar-refractivity contribution in [1.82, 2.24) is 4.90 Å². The summed E-state index contributed by atoms with van der Waals surface area (Å²) in [6.45, 7) is 1.11. The predicted octanol–water partition coefficient (Wildman–Crippen LogP) is 1.81. The molecule has 8 heteroatoms. The number of amides is 1. The van der Waals surface area contributed by atoms with Crippen molar-refractivity contribution in [2.24, 2.45) is 16.2 Å². The van der Waals surface area contributed by atoms with Gasteiger partial charge in [-0.2, -0.15) is 0 Å². The van der Waals surface area contributed by atoms with Crippen LogP contribution in [0.25, 0.3) is 0 Å². The minimum atomic E-state index is -0.277. The summed E-state index contributed by atoms with van der Waals surface area (Å²) in [5, 5.41) is 9.32. The predicted molar refractivity (Wildman–Crippen MR) is 92.1 cm³/mol. The standard InChI is InChI=1S/C16H24N3O4P/c1-22-14-4-3-12(15(8-14)23-2)9-19-6-5-11(16(19)21)7-13(10-20)18-24-17/h3-4,8,11,13,20H,5-7,9-10H2,1-2H3,(H2,17,18). The third-order valence-corrected chi connectivity index (χ3v) is 4.72. The van der Waals surface area contributed by atoms with Gasteiger partial charge in [0.2, 0.25) is 5.91 Å². The van der Waals surface area contributed by atoms with Crippen molar-refractivity contribution in [2.75, 3.05) is 27.4 Å². The van der Waals surface area contributed by atoms with Crippen LogP contribution in [-0.2, 0) is 11.3 Å². The molecule has 2 unspecified atom stereocenters. The molecule has 0 aliphatic carbocycles. The molecule has 0 radical (unpaired) electrons. The summed E-state index contributed by atoms with van der Waals surface area (Å²) < 4.78 is 14.7. The van der Waals surface area contributed by atoms with Crippen LogP contribution in [0.5, 0.6) is 11.5 Å². The fraction of sp³-hybridized carbons (Fsp3) is 0.562. The average Bonchev–Trinajstić information content (AvgIpc) is 2.94. The van der Waals surface area contributed by atoms with Gasteiger partial charge in [0.25, 0.3) is 0 Å². The number of aliphatic hydroxyl groups excluding tert-OH is 1. The number of carbonyl (C=O) groups excluding carboxylic acids is 1. The smallest absolute Gasteiger partial charge is 0.226 e. The highest BCUT2D eigenvalue weighted by Gasteiger charge is 2.33. The van der Waals surface area contributed by atoms with Gasteiger partial charge in [-0.3, -0.25) is 10.3 Å². The van der Waals surface area contributed by atoms with Gasteiger partial charge in [0, 0.05) is 30.6 Å². The summed E-state index contributed by atoms with van der Waals surface area (Å²) in [6.07, 6.45) is 1.31. The quantitative estimate of drug-likeness (QED) is 0.695. The molecule has 0 spiro atoms. The van der Waals surface area contributed by atoms with Gasteiger partial charge in [0.15, 0.2) is 0 Å². The Labute approximate surface area is 143 Å². The van der Waals surface area contributed by atoms with Gasteiger partial charge < -0.3 is 19.5 Å². The number of hydrogen-bond acceptors (Lipinski definition) is 5. The third-order valence-electron chi connectivity index (χ3n) is 4.26. The number of rotatable bonds is 8. The highest BCUT2D eigenvalue weighted by Crippen LogP contribution is 2.30. The first-order chi connectivity index (χ1) is 11.6. The second-order valence-electron chi connectivity index (χ2n) is 5.73. The zero-order valence-electron chi connectivity index (χ0n) is 14.0. The second kappa shape index (κ2) is 8.97. The summed E-state index contributed by atoms with van der Waals surface area (Å²) in [4.78, 5) is 14.4. The van der Waals surface area contributed by atoms with Crippen molar-refractivity contribution in [3.63, 3.8) is 0 Å². The fourth-order valence-electron chi connectivity index (χ4n) is 2.95. The van der Waals surface area contributed by atoms with Crippen LogP contribution in [0, 0.1) is 5.92 Å². The van der Waals surface area contributed by atoms with E-state index in [0.717, 1.165) is 17.7 Å². The molecule has 3 N–H and O–H groups in total. The van der Waals surface area contributed by atoms with E-state index < -0.39 is 0 Å². The van der Waals surface area contributed by atoms with Crippen LogP contribution in [0.2, 0.25) is 0 Å². The van der Waals surface area contributed by atoms with E-state index in [9.17, 15) is 9.90 Å². The van der Waals surface area contributed by atoms with Crippen LogP contribution in [-0.4, -0.2) is 49.3 Å². The van der Waals surface area contributed by atoms with E-state index in [1.807, 2.05) is 23.1 Å². The molecule has 7 nitrogen and oxygen atoms in total. The molecular weight excluding hydrogens is 329 g/mol. The van der Waals surface area contributed by atoms with Crippen molar-refractivity contribution in [3.8, 4) is 11.5 Å². The Balaban J connectivity index is 2.03. The van der Waals surface area contributed by atoms with Gasteiger partial charge in [-0.15, -0.1) is 0 Å². The molecule has 1 aliphatic heterocycles. The van der Waals surface area contributed by atoms with Gasteiger partial charge in [0.1, 0.15) is 11.5 Å². The van der Waals surface area contributed by atoms with E-state index in [1.165, 1.54) is 0 Å². The topological polar surface area (TPSA) is 97.4 Å². The molecule has 2 atom stereocenters. The Bertz CT molecular complexity index is 597. The van der Waals surface area contributed by atoms with Crippen LogP contribution in [0.4, 0.5) is 0 Å². The molecule has 0 aromatic heterocycles. The summed E-state index contributed by atoms with van der Waals surface area (Å²) in [5.74, 6) is 1.40. The molecule has 1 aromatic carbocycles. The maximum Gasteiger partial charge on any atom is 0.226 e. The molecule has 1 fully saturated rings. The molecule has 1 saturated heterocycles. The first-order valence-corrected chi connectivity index (χ1v) is 8.75. The summed E-state index contributed by atoms with van der Waals surface area (Å²) in [5.41, 5.74) is 6.31. The number of aliphatic hydroxyl groups is 1. The Morgan fingerprint density at radius 2 is 2.25 bits per heavy atom. The molecule has 24 heavy (non-hydrogen) atoms. The molecule has 0 saturated carbocycles. The lowest BCUT2D eigenvalue weighted by molar-refractivity contribution is -0.131. The monoisotopic (exact) mass is 353 g/mol. The lowest BCUT2D eigenvalue weighted by atomic mass is 9.99. The number of nitrogens with two attached hydrogens (primary N) is 1. The van der Waals surface area contributed by atoms with Gasteiger partial charge in [-0.25, -0.2) is 4.74 Å². The molecular formula is C16H24N3O4P. The number of nitrogens with zero attached hydrogens (tertiary/aromatic N) is 2. The fourth-order valence-corrected chi connectivity index (χ4v) is 3.30. The zero-order valence-corrected chi connectivity index (χ0v) is 14.9. The van der Waals surface area contributed by atoms with E-state index >= 15 is 0 Å². The van der Waals surface area contributed by atoms with Crippen molar-refractivity contribution in [1.29, 1.82) is 0 Å². The van der Waals surface area contributed by atoms with Crippen molar-refractivity contribution >= 4 is 14.4 Å². The van der Waals surface area contributed by atoms with Crippen molar-refractivity contribution < 1.29 is 19.4 Å². The lowest BCUT2D eigenvalue weighted by Crippen LogP contribution is -2.28. The van der Waals surface area contributed by atoms with Crippen LogP contribution >= 0.6 is 8.52 Å². The van der Waals surface area contributed by atoms with E-state index in [1.54, 1.807) is 14.2 Å². The molecule has 1 aliphatic rings. The molecule has 1 aromatic rings. The van der Waals surface area contributed by atoms with Crippen molar-refractivity contribution in [3.05, 3.63) is 23.8 Å². The Morgan fingerprint density at radius 1 is 1.46 bits per heavy atom. The summed E-state index contributed by atoms with van der Waals surface area (Å²) in [6, 6.07) is 5.31. The number of hydrogen-bond donors (Lipinski definition) is 2. The largest absolute Gasteiger partial charge is 0.497 e. The van der Waals surface area contributed by atoms with Gasteiger partial charge in [-0.05, 0) is 25.0 Å². The second-order valence-corrected chi connectivity index (χ2v) is 6.19. The Hall–Kier alpha value is -1.69. The maximum atomic E-state index is 12.6. The van der Waals surface area contributed by atoms with Crippen LogP contribution in [0.1, 0.15) is 18.4 Å². The molecule has 132 valence electrons. The maximum absolute atomic E-state index is 12.6. The van der Waals surface area contributed by atoms with Gasteiger partial charge >= 0.3 is 0 Å². The first-order valence-electron chi connectivity index (χ1n) is 7.83. The summed E-state index contributed by atoms with van der Waals surface area (Å²) in [7, 11) is 3.60. The van der Waals surface area contributed by atoms with Crippen molar-refractivity contribution in [2.45, 2.75) is 25.4 Å². The number of methoxy groups -OCH3 is 2. The van der Waals surface area contributed by atoms with Crippen LogP contribution < -0.4 is 15.0 Å². The number of benzene rings is 1. The SMILES string of the molecule is COc1ccc(CN2CCC(CC(CO)N=PN)C2=O)c(OC)c1. The Kier molecular flexibility index (Phi) is 6.97. The highest BCUT2D eigenvalue weighted by atomic mass is 31.1. The van der Waals surface area contributed by atoms with Gasteiger partial charge in [-0.1, -0.05) is 0 Å². The van der Waals surface area contributed by atoms with Crippen LogP contribution in [0.3, 0.4) is 0 Å². The highest BCUT2D eigenvalue weighted by molar-refractivity contribution is 7.23. The number of carbonyl (C=O) groups is 1. The van der Waals surface area contributed by atoms with Crippen LogP contribution in [0.15, 0.2) is 22.9 Å². The molecule has 1 amide bonds. The normalized spacial score (nSPS) is 19.1. The minimum absolute atomic E-state index is 0.0831. The molecule has 2 rings (SSSR count). The summed E-state index contributed by atoms with van der Waals surface area (Å²) >= 11 is 0. The first kappa shape index (κ1) is 18.6.